The molecule has 0 aliphatic heterocycles. The van der Waals surface area contributed by atoms with Gasteiger partial charge in [-0.1, -0.05) is 53.8 Å². The van der Waals surface area contributed by atoms with Gasteiger partial charge in [-0.2, -0.15) is 0 Å². The van der Waals surface area contributed by atoms with Crippen LogP contribution in [-0.4, -0.2) is 15.1 Å². The van der Waals surface area contributed by atoms with Gasteiger partial charge in [0.1, 0.15) is 5.76 Å². The second-order valence-electron chi connectivity index (χ2n) is 7.34. The van der Waals surface area contributed by atoms with Crippen molar-refractivity contribution in [3.05, 3.63) is 91.7 Å². The summed E-state index contributed by atoms with van der Waals surface area (Å²) in [6, 6.07) is 18.6. The predicted octanol–water partition coefficient (Wildman–Crippen LogP) is 5.07. The third-order valence-corrected chi connectivity index (χ3v) is 6.09. The third kappa shape index (κ3) is 4.89. The summed E-state index contributed by atoms with van der Waals surface area (Å²) in [6.45, 7) is 1.97. The van der Waals surface area contributed by atoms with Gasteiger partial charge in [-0.3, -0.25) is 9.78 Å². The molecule has 0 atom stereocenters. The normalized spacial score (nSPS) is 11.1. The molecular weight excluding hydrogens is 396 g/mol. The van der Waals surface area contributed by atoms with Crippen molar-refractivity contribution in [2.75, 3.05) is 0 Å². The van der Waals surface area contributed by atoms with Crippen molar-refractivity contribution >= 4 is 11.3 Å². The molecule has 4 aromatic rings. The van der Waals surface area contributed by atoms with Gasteiger partial charge in [-0.15, -0.1) is 0 Å². The predicted molar refractivity (Wildman–Crippen MR) is 119 cm³/mol. The molecule has 0 aliphatic rings. The summed E-state index contributed by atoms with van der Waals surface area (Å²) < 4.78 is 5.85. The van der Waals surface area contributed by atoms with Crippen molar-refractivity contribution in [3.8, 4) is 17.3 Å². The summed E-state index contributed by atoms with van der Waals surface area (Å²) in [5, 5.41) is 9.65. The Balaban J connectivity index is 1.30. The monoisotopic (exact) mass is 420 g/mol. The van der Waals surface area contributed by atoms with E-state index < -0.39 is 0 Å². The number of aromatic amines is 1. The molecule has 0 fully saturated rings. The van der Waals surface area contributed by atoms with E-state index >= 15 is 0 Å². The molecule has 2 heterocycles. The first kappa shape index (κ1) is 20.2. The summed E-state index contributed by atoms with van der Waals surface area (Å²) >= 11 is 1.08. The summed E-state index contributed by atoms with van der Waals surface area (Å²) in [5.41, 5.74) is 4.52. The Morgan fingerprint density at radius 1 is 0.967 bits per heavy atom. The molecule has 0 saturated heterocycles. The van der Waals surface area contributed by atoms with Gasteiger partial charge < -0.3 is 9.52 Å². The Morgan fingerprint density at radius 2 is 1.67 bits per heavy atom. The summed E-state index contributed by atoms with van der Waals surface area (Å²) in [4.78, 5) is 18.9. The number of hydrogen-bond donors (Lipinski definition) is 2. The van der Waals surface area contributed by atoms with Crippen molar-refractivity contribution in [1.29, 1.82) is 0 Å². The Labute approximate surface area is 179 Å². The standard InChI is InChI=1S/C24H24N2O3S/c1-16-20(25-23(29-16)19-7-3-2-4-8-19)15-14-18-12-10-17(11-13-18)6-5-9-21-22(27)26-24(28)30-21/h2-4,7-8,10-13,27H,5-6,9,14-15H2,1H3,(H,26,28). The first-order chi connectivity index (χ1) is 14.6. The lowest BCUT2D eigenvalue weighted by molar-refractivity contribution is 0.449. The zero-order valence-corrected chi connectivity index (χ0v) is 17.7. The van der Waals surface area contributed by atoms with E-state index in [0.29, 0.717) is 12.3 Å². The minimum absolute atomic E-state index is 0.0129. The molecule has 0 unspecified atom stereocenters. The SMILES string of the molecule is Cc1oc(-c2ccccc2)nc1CCc1ccc(CCCc2sc(=O)[nH]c2O)cc1. The van der Waals surface area contributed by atoms with Crippen molar-refractivity contribution in [1.82, 2.24) is 9.97 Å². The van der Waals surface area contributed by atoms with Gasteiger partial charge in [0.2, 0.25) is 11.8 Å². The topological polar surface area (TPSA) is 79.1 Å². The lowest BCUT2D eigenvalue weighted by Crippen LogP contribution is -1.95. The van der Waals surface area contributed by atoms with Crippen LogP contribution >= 0.6 is 11.3 Å². The fraction of sp³-hybridized carbons (Fsp3) is 0.250. The number of rotatable bonds is 8. The molecule has 0 saturated carbocycles. The number of benzene rings is 2. The van der Waals surface area contributed by atoms with Gasteiger partial charge in [0.15, 0.2) is 0 Å². The number of H-pyrrole nitrogens is 1. The van der Waals surface area contributed by atoms with Gasteiger partial charge in [-0.25, -0.2) is 4.98 Å². The highest BCUT2D eigenvalue weighted by molar-refractivity contribution is 7.09. The van der Waals surface area contributed by atoms with Crippen molar-refractivity contribution in [2.24, 2.45) is 0 Å². The number of hydrogen-bond acceptors (Lipinski definition) is 5. The largest absolute Gasteiger partial charge is 0.494 e. The van der Waals surface area contributed by atoms with Crippen LogP contribution in [0.4, 0.5) is 0 Å². The minimum Gasteiger partial charge on any atom is -0.494 e. The average Bonchev–Trinajstić information content (AvgIpc) is 3.29. The highest BCUT2D eigenvalue weighted by atomic mass is 32.1. The summed E-state index contributed by atoms with van der Waals surface area (Å²) in [7, 11) is 0. The molecule has 30 heavy (non-hydrogen) atoms. The van der Waals surface area contributed by atoms with Crippen LogP contribution in [0.15, 0.2) is 63.8 Å². The Hall–Kier alpha value is -3.12. The molecule has 154 valence electrons. The maximum Gasteiger partial charge on any atom is 0.307 e. The fourth-order valence-corrected chi connectivity index (χ4v) is 4.24. The average molecular weight is 421 g/mol. The van der Waals surface area contributed by atoms with E-state index in [1.54, 1.807) is 0 Å². The number of aromatic nitrogens is 2. The zero-order valence-electron chi connectivity index (χ0n) is 16.9. The van der Waals surface area contributed by atoms with Gasteiger partial charge in [0, 0.05) is 5.56 Å². The Kier molecular flexibility index (Phi) is 6.14. The van der Waals surface area contributed by atoms with E-state index in [4.69, 9.17) is 4.42 Å². The quantitative estimate of drug-likeness (QED) is 0.417. The van der Waals surface area contributed by atoms with Crippen LogP contribution in [0.25, 0.3) is 11.5 Å². The maximum absolute atomic E-state index is 11.2. The molecule has 0 bridgehead atoms. The number of oxazole rings is 1. The van der Waals surface area contributed by atoms with E-state index in [0.717, 1.165) is 58.9 Å². The number of nitrogens with one attached hydrogen (secondary N) is 1. The van der Waals surface area contributed by atoms with Crippen molar-refractivity contribution < 1.29 is 9.52 Å². The van der Waals surface area contributed by atoms with E-state index in [1.165, 1.54) is 11.1 Å². The maximum atomic E-state index is 11.2. The molecule has 4 rings (SSSR count). The van der Waals surface area contributed by atoms with Crippen LogP contribution in [0.3, 0.4) is 0 Å². The van der Waals surface area contributed by atoms with Crippen LogP contribution in [0, 0.1) is 6.92 Å². The molecule has 5 nitrogen and oxygen atoms in total. The highest BCUT2D eigenvalue weighted by Crippen LogP contribution is 2.23. The fourth-order valence-electron chi connectivity index (χ4n) is 3.47. The van der Waals surface area contributed by atoms with Crippen LogP contribution in [0.5, 0.6) is 5.88 Å². The van der Waals surface area contributed by atoms with Gasteiger partial charge in [-0.05, 0) is 62.3 Å². The molecule has 0 aliphatic carbocycles. The van der Waals surface area contributed by atoms with Crippen molar-refractivity contribution in [3.63, 3.8) is 0 Å². The van der Waals surface area contributed by atoms with Crippen LogP contribution in [0.1, 0.15) is 33.9 Å². The third-order valence-electron chi connectivity index (χ3n) is 5.16. The Morgan fingerprint density at radius 3 is 2.33 bits per heavy atom. The zero-order chi connectivity index (χ0) is 20.9. The molecule has 0 amide bonds. The molecule has 2 aromatic carbocycles. The van der Waals surface area contributed by atoms with Gasteiger partial charge in [0.25, 0.3) is 0 Å². The number of nitrogens with zero attached hydrogens (tertiary/aromatic N) is 1. The lowest BCUT2D eigenvalue weighted by atomic mass is 10.0. The van der Waals surface area contributed by atoms with Gasteiger partial charge in [0.05, 0.1) is 10.6 Å². The number of aromatic hydroxyl groups is 1. The molecule has 2 aromatic heterocycles. The number of aryl methyl sites for hydroxylation is 5. The highest BCUT2D eigenvalue weighted by Gasteiger charge is 2.11. The Bertz CT molecular complexity index is 1160. The molecule has 0 radical (unpaired) electrons. The smallest absolute Gasteiger partial charge is 0.307 e. The molecular formula is C24H24N2O3S. The van der Waals surface area contributed by atoms with Crippen LogP contribution in [0.2, 0.25) is 0 Å². The van der Waals surface area contributed by atoms with E-state index in [2.05, 4.69) is 34.2 Å². The van der Waals surface area contributed by atoms with Crippen molar-refractivity contribution in [2.45, 2.75) is 39.0 Å². The summed E-state index contributed by atoms with van der Waals surface area (Å²) in [6.07, 6.45) is 4.25. The lowest BCUT2D eigenvalue weighted by Gasteiger charge is -2.04. The van der Waals surface area contributed by atoms with E-state index in [-0.39, 0.29) is 10.8 Å². The van der Waals surface area contributed by atoms with E-state index in [1.807, 2.05) is 37.3 Å². The second kappa shape index (κ2) is 9.13. The summed E-state index contributed by atoms with van der Waals surface area (Å²) in [5.74, 6) is 1.57. The minimum atomic E-state index is -0.204. The first-order valence-electron chi connectivity index (χ1n) is 10.1. The van der Waals surface area contributed by atoms with E-state index in [9.17, 15) is 9.90 Å². The second-order valence-corrected chi connectivity index (χ2v) is 8.41. The molecule has 6 heteroatoms. The molecule has 0 spiro atoms. The van der Waals surface area contributed by atoms with Crippen LogP contribution < -0.4 is 4.87 Å². The van der Waals surface area contributed by atoms with Gasteiger partial charge >= 0.3 is 4.87 Å². The molecule has 2 N–H and O–H groups in total. The van der Waals surface area contributed by atoms with Crippen LogP contribution in [-0.2, 0) is 25.7 Å². The number of thiazole rings is 1. The first-order valence-corrected chi connectivity index (χ1v) is 10.9.